The molecule has 3 aromatic rings. The van der Waals surface area contributed by atoms with Crippen molar-refractivity contribution in [3.05, 3.63) is 51.5 Å². The molecule has 0 aliphatic carbocycles. The van der Waals surface area contributed by atoms with E-state index in [1.165, 1.54) is 4.88 Å². The lowest BCUT2D eigenvalue weighted by molar-refractivity contribution is 0.340. The Kier molecular flexibility index (Phi) is 4.48. The maximum absolute atomic E-state index is 10.3. The van der Waals surface area contributed by atoms with Gasteiger partial charge in [0.05, 0.1) is 17.0 Å². The average Bonchev–Trinajstić information content (AvgIpc) is 3.03. The molecule has 2 aromatic carbocycles. The van der Waals surface area contributed by atoms with E-state index in [0.29, 0.717) is 12.3 Å². The number of aromatic hydroxyl groups is 1. The highest BCUT2D eigenvalue weighted by atomic mass is 32.9. The van der Waals surface area contributed by atoms with Gasteiger partial charge in [-0.2, -0.15) is 0 Å². The highest BCUT2D eigenvalue weighted by Gasteiger charge is 2.33. The Morgan fingerprint density at radius 1 is 1.15 bits per heavy atom. The summed E-state index contributed by atoms with van der Waals surface area (Å²) < 4.78 is 6.63. The van der Waals surface area contributed by atoms with E-state index in [2.05, 4.69) is 31.3 Å². The number of ether oxygens (including phenoxy) is 1. The van der Waals surface area contributed by atoms with E-state index in [-0.39, 0.29) is 11.3 Å². The van der Waals surface area contributed by atoms with Crippen LogP contribution in [0.1, 0.15) is 31.2 Å². The molecule has 0 spiro atoms. The predicted octanol–water partition coefficient (Wildman–Crippen LogP) is 5.78. The van der Waals surface area contributed by atoms with Gasteiger partial charge < -0.3 is 15.2 Å². The van der Waals surface area contributed by atoms with Crippen LogP contribution in [0.2, 0.25) is 0 Å². The first kappa shape index (κ1) is 18.1. The monoisotopic (exact) mass is 398 g/mol. The second kappa shape index (κ2) is 6.69. The molecule has 0 saturated carbocycles. The van der Waals surface area contributed by atoms with Crippen molar-refractivity contribution in [2.75, 3.05) is 11.9 Å². The fourth-order valence-electron chi connectivity index (χ4n) is 3.32. The van der Waals surface area contributed by atoms with Crippen molar-refractivity contribution in [1.82, 2.24) is 0 Å². The third-order valence-electron chi connectivity index (χ3n) is 4.58. The van der Waals surface area contributed by atoms with Crippen molar-refractivity contribution < 1.29 is 9.84 Å². The number of phenols is 1. The molecule has 0 unspecified atom stereocenters. The van der Waals surface area contributed by atoms with Crippen LogP contribution in [-0.2, 0) is 5.54 Å². The molecule has 0 saturated heterocycles. The molecule has 27 heavy (non-hydrogen) atoms. The molecular formula is C21H22N2O2S2. The van der Waals surface area contributed by atoms with Gasteiger partial charge in [-0.05, 0) is 63.6 Å². The molecule has 1 aromatic heterocycles. The number of rotatable bonds is 3. The maximum atomic E-state index is 10.3. The molecule has 1 aliphatic heterocycles. The predicted molar refractivity (Wildman–Crippen MR) is 114 cm³/mol. The number of nitrogens with one attached hydrogen (secondary N) is 1. The van der Waals surface area contributed by atoms with Gasteiger partial charge in [-0.25, -0.2) is 4.99 Å². The lowest BCUT2D eigenvalue weighted by Gasteiger charge is -2.33. The van der Waals surface area contributed by atoms with Gasteiger partial charge in [0.2, 0.25) is 0 Å². The van der Waals surface area contributed by atoms with Crippen LogP contribution in [0.4, 0.5) is 11.4 Å². The lowest BCUT2D eigenvalue weighted by Crippen LogP contribution is -2.31. The first-order chi connectivity index (χ1) is 12.9. The number of hydrogen-bond donors (Lipinski definition) is 2. The van der Waals surface area contributed by atoms with Gasteiger partial charge >= 0.3 is 0 Å². The van der Waals surface area contributed by atoms with Crippen LogP contribution in [0, 0.1) is 6.92 Å². The Labute approximate surface area is 166 Å². The Morgan fingerprint density at radius 3 is 2.70 bits per heavy atom. The Morgan fingerprint density at radius 2 is 1.96 bits per heavy atom. The van der Waals surface area contributed by atoms with E-state index in [0.717, 1.165) is 32.8 Å². The van der Waals surface area contributed by atoms with Crippen molar-refractivity contribution >= 4 is 32.1 Å². The molecule has 6 heteroatoms. The number of hydrogen-bond acceptors (Lipinski definition) is 6. The summed E-state index contributed by atoms with van der Waals surface area (Å²) in [7, 11) is 3.37. The third kappa shape index (κ3) is 3.24. The zero-order valence-corrected chi connectivity index (χ0v) is 17.4. The molecule has 0 bridgehead atoms. The van der Waals surface area contributed by atoms with E-state index in [9.17, 15) is 5.11 Å². The molecule has 0 radical (unpaired) electrons. The maximum Gasteiger partial charge on any atom is 0.141 e. The molecule has 4 nitrogen and oxygen atoms in total. The highest BCUT2D eigenvalue weighted by molar-refractivity contribution is 7.68. The van der Waals surface area contributed by atoms with Gasteiger partial charge in [-0.3, -0.25) is 0 Å². The quantitative estimate of drug-likeness (QED) is 0.550. The first-order valence-electron chi connectivity index (χ1n) is 8.92. The number of fused-ring (bicyclic) bond motifs is 3. The van der Waals surface area contributed by atoms with Crippen LogP contribution in [0.25, 0.3) is 11.1 Å². The van der Waals surface area contributed by atoms with E-state index in [1.807, 2.05) is 32.0 Å². The molecule has 140 valence electrons. The van der Waals surface area contributed by atoms with Gasteiger partial charge in [0.1, 0.15) is 21.9 Å². The minimum atomic E-state index is -0.181. The zero-order valence-electron chi connectivity index (χ0n) is 15.8. The number of nitrogens with zero attached hydrogens (tertiary/aromatic N) is 1. The Bertz CT molecular complexity index is 1080. The molecule has 0 fully saturated rings. The van der Waals surface area contributed by atoms with E-state index >= 15 is 0 Å². The molecule has 0 atom stereocenters. The molecular weight excluding hydrogens is 376 g/mol. The Balaban J connectivity index is 1.95. The van der Waals surface area contributed by atoms with E-state index < -0.39 is 0 Å². The van der Waals surface area contributed by atoms with Crippen molar-refractivity contribution in [2.24, 2.45) is 4.99 Å². The van der Waals surface area contributed by atoms with Crippen LogP contribution >= 0.6 is 20.7 Å². The van der Waals surface area contributed by atoms with Gasteiger partial charge in [-0.1, -0.05) is 26.7 Å². The fourth-order valence-corrected chi connectivity index (χ4v) is 6.25. The first-order valence-corrected chi connectivity index (χ1v) is 11.1. The molecule has 1 aliphatic rings. The molecule has 2 N–H and O–H groups in total. The number of benzene rings is 2. The number of phenolic OH excluding ortho intramolecular Hbond substituents is 1. The summed E-state index contributed by atoms with van der Waals surface area (Å²) in [6, 6.07) is 11.7. The normalized spacial score (nSPS) is 15.0. The standard InChI is InChI=1S/C21H22N2O2S2/c1-5-25-13-7-9-15-14(11-13)18-19(21(3,4)23-15)26-27-20(18)22-16-8-6-12(2)10-17(16)24/h6-11,23-24H,5H2,1-4H3. The topological polar surface area (TPSA) is 53.9 Å². The van der Waals surface area contributed by atoms with Gasteiger partial charge in [-0.15, -0.1) is 0 Å². The summed E-state index contributed by atoms with van der Waals surface area (Å²) in [5.41, 5.74) is 4.73. The minimum absolute atomic E-state index is 0.181. The molecule has 4 rings (SSSR count). The van der Waals surface area contributed by atoms with Gasteiger partial charge in [0, 0.05) is 16.8 Å². The summed E-state index contributed by atoms with van der Waals surface area (Å²) >= 11 is 0. The lowest BCUT2D eigenvalue weighted by atomic mass is 9.90. The van der Waals surface area contributed by atoms with Crippen LogP contribution in [-0.4, -0.2) is 11.7 Å². The SMILES string of the molecule is CCOc1ccc2c(c1)-c1c(ssc1=Nc1ccc(C)cc1O)C(C)(C)N2. The van der Waals surface area contributed by atoms with Crippen LogP contribution < -0.4 is 14.7 Å². The molecule has 0 amide bonds. The largest absolute Gasteiger partial charge is 0.506 e. The average molecular weight is 399 g/mol. The van der Waals surface area contributed by atoms with Gasteiger partial charge in [0.25, 0.3) is 0 Å². The van der Waals surface area contributed by atoms with Crippen molar-refractivity contribution in [3.63, 3.8) is 0 Å². The summed E-state index contributed by atoms with van der Waals surface area (Å²) in [6.45, 7) is 8.94. The second-order valence-corrected chi connectivity index (χ2v) is 9.30. The highest BCUT2D eigenvalue weighted by Crippen LogP contribution is 2.46. The van der Waals surface area contributed by atoms with Crippen LogP contribution in [0.5, 0.6) is 11.5 Å². The summed E-state index contributed by atoms with van der Waals surface area (Å²) in [6.07, 6.45) is 0. The van der Waals surface area contributed by atoms with Crippen LogP contribution in [0.15, 0.2) is 41.4 Å². The van der Waals surface area contributed by atoms with E-state index in [4.69, 9.17) is 9.73 Å². The zero-order chi connectivity index (χ0) is 19.2. The van der Waals surface area contributed by atoms with E-state index in [1.54, 1.807) is 26.7 Å². The van der Waals surface area contributed by atoms with Crippen molar-refractivity contribution in [1.29, 1.82) is 0 Å². The Hall–Kier alpha value is -2.31. The van der Waals surface area contributed by atoms with Crippen molar-refractivity contribution in [2.45, 2.75) is 33.2 Å². The summed E-state index contributed by atoms with van der Waals surface area (Å²) in [5.74, 6) is 1.06. The third-order valence-corrected chi connectivity index (χ3v) is 7.23. The summed E-state index contributed by atoms with van der Waals surface area (Å²) in [5, 5.41) is 13.9. The smallest absolute Gasteiger partial charge is 0.141 e. The van der Waals surface area contributed by atoms with Crippen molar-refractivity contribution in [3.8, 4) is 22.6 Å². The molecule has 2 heterocycles. The minimum Gasteiger partial charge on any atom is -0.506 e. The second-order valence-electron chi connectivity index (χ2n) is 7.17. The fraction of sp³-hybridized carbons (Fsp3) is 0.286. The van der Waals surface area contributed by atoms with Crippen LogP contribution in [0.3, 0.4) is 0 Å². The summed E-state index contributed by atoms with van der Waals surface area (Å²) in [4.78, 5) is 6.05. The van der Waals surface area contributed by atoms with Gasteiger partial charge in [0.15, 0.2) is 0 Å². The number of anilines is 1. The number of aryl methyl sites for hydroxylation is 1.